The number of benzene rings is 12. The minimum absolute atomic E-state index is 0.364. The van der Waals surface area contributed by atoms with Crippen LogP contribution in [0.2, 0.25) is 0 Å². The molecule has 13 rings (SSSR count). The van der Waals surface area contributed by atoms with Gasteiger partial charge in [-0.2, -0.15) is 0 Å². The number of hydrogen-bond donors (Lipinski definition) is 0. The Bertz CT molecular complexity index is 3860. The van der Waals surface area contributed by atoms with Gasteiger partial charge in [-0.05, 0) is 164 Å². The lowest BCUT2D eigenvalue weighted by Crippen LogP contribution is -2.29. The highest BCUT2D eigenvalue weighted by molar-refractivity contribution is 6.24. The Labute approximate surface area is 417 Å². The van der Waals surface area contributed by atoms with Crippen molar-refractivity contribution < 1.29 is 0 Å². The second-order valence-corrected chi connectivity index (χ2v) is 19.8. The molecule has 0 N–H and O–H groups in total. The van der Waals surface area contributed by atoms with Gasteiger partial charge < -0.3 is 0 Å². The topological polar surface area (TPSA) is 0 Å². The molecule has 0 nitrogen and oxygen atoms in total. The van der Waals surface area contributed by atoms with E-state index in [0.717, 1.165) is 6.42 Å². The van der Waals surface area contributed by atoms with Gasteiger partial charge in [0.05, 0.1) is 0 Å². The van der Waals surface area contributed by atoms with Gasteiger partial charge in [-0.15, -0.1) is 0 Å². The van der Waals surface area contributed by atoms with E-state index in [1.807, 2.05) is 0 Å². The highest BCUT2D eigenvalue weighted by atomic mass is 14.5. The van der Waals surface area contributed by atoms with E-state index in [1.165, 1.54) is 127 Å². The Morgan fingerprint density at radius 3 is 1.21 bits per heavy atom. The lowest BCUT2D eigenvalue weighted by atomic mass is 9.65. The van der Waals surface area contributed by atoms with E-state index >= 15 is 0 Å². The monoisotopic (exact) mass is 904 g/mol. The minimum Gasteiger partial charge on any atom is -0.0627 e. The zero-order valence-electron chi connectivity index (χ0n) is 40.1. The molecule has 0 heteroatoms. The van der Waals surface area contributed by atoms with Crippen LogP contribution in [0.1, 0.15) is 37.0 Å². The quantitative estimate of drug-likeness (QED) is 0.127. The highest BCUT2D eigenvalue weighted by Gasteiger charge is 2.46. The molecule has 0 amide bonds. The van der Waals surface area contributed by atoms with E-state index in [2.05, 4.69) is 275 Å². The SMILES string of the molecule is CC(C)CC1(c2ccccc2-c2ccccc2)c2ccccc2-c2ccc(-c3c4ccccc4c(-c4ccc(-c5cc(-c6ccccc6)cc(-c6ccccc6)c5)c5ccccc45)c4ccccc34)cc21. The van der Waals surface area contributed by atoms with Crippen molar-refractivity contribution in [3.05, 3.63) is 278 Å². The van der Waals surface area contributed by atoms with Crippen molar-refractivity contribution in [2.24, 2.45) is 5.92 Å². The van der Waals surface area contributed by atoms with Gasteiger partial charge in [-0.25, -0.2) is 0 Å². The smallest absolute Gasteiger partial charge is 0.0472 e. The first-order valence-electron chi connectivity index (χ1n) is 25.2. The van der Waals surface area contributed by atoms with E-state index in [0.29, 0.717) is 5.92 Å². The molecular formula is C71H52. The van der Waals surface area contributed by atoms with E-state index in [9.17, 15) is 0 Å². The van der Waals surface area contributed by atoms with Crippen molar-refractivity contribution in [1.29, 1.82) is 0 Å². The van der Waals surface area contributed by atoms with Crippen molar-refractivity contribution in [2.75, 3.05) is 0 Å². The Kier molecular flexibility index (Phi) is 10.4. The molecule has 0 heterocycles. The molecule has 336 valence electrons. The molecule has 0 saturated carbocycles. The van der Waals surface area contributed by atoms with Crippen LogP contribution in [0.25, 0.3) is 110 Å². The predicted octanol–water partition coefficient (Wildman–Crippen LogP) is 19.5. The van der Waals surface area contributed by atoms with Crippen LogP contribution >= 0.6 is 0 Å². The van der Waals surface area contributed by atoms with Gasteiger partial charge in [-0.1, -0.05) is 250 Å². The molecule has 71 heavy (non-hydrogen) atoms. The van der Waals surface area contributed by atoms with Crippen molar-refractivity contribution in [3.63, 3.8) is 0 Å². The maximum Gasteiger partial charge on any atom is 0.0472 e. The molecule has 0 fully saturated rings. The van der Waals surface area contributed by atoms with E-state index in [-0.39, 0.29) is 5.41 Å². The van der Waals surface area contributed by atoms with Gasteiger partial charge in [0.15, 0.2) is 0 Å². The summed E-state index contributed by atoms with van der Waals surface area (Å²) in [5.41, 5.74) is 21.3. The number of hydrogen-bond acceptors (Lipinski definition) is 0. The molecule has 1 aliphatic carbocycles. The number of rotatable bonds is 9. The van der Waals surface area contributed by atoms with Crippen molar-refractivity contribution in [1.82, 2.24) is 0 Å². The molecule has 12 aromatic rings. The summed E-state index contributed by atoms with van der Waals surface area (Å²) >= 11 is 0. The fourth-order valence-corrected chi connectivity index (χ4v) is 12.4. The van der Waals surface area contributed by atoms with Gasteiger partial charge in [-0.3, -0.25) is 0 Å². The van der Waals surface area contributed by atoms with Crippen LogP contribution in [0.3, 0.4) is 0 Å². The third kappa shape index (κ3) is 7.05. The molecule has 0 saturated heterocycles. The standard InChI is InChI=1S/C71H52/c1-47(2)46-71(66-36-20-18-28-56(66)50-26-10-5-11-27-50)67-37-21-19-31-59(67)60-39-38-51(45-68(60)71)69-61-32-14-16-34-63(61)70(64-35-17-15-33-62(64)69)65-41-40-55(57-29-12-13-30-58(57)65)54-43-52(48-22-6-3-7-23-48)42-53(44-54)49-24-8-4-9-25-49/h3-45,47H,46H2,1-2H3. The molecular weight excluding hydrogens is 853 g/mol. The molecule has 0 aliphatic heterocycles. The van der Waals surface area contributed by atoms with E-state index in [4.69, 9.17) is 0 Å². The maximum absolute atomic E-state index is 2.57. The summed E-state index contributed by atoms with van der Waals surface area (Å²) in [6, 6.07) is 97.4. The largest absolute Gasteiger partial charge is 0.0627 e. The van der Waals surface area contributed by atoms with Crippen molar-refractivity contribution >= 4 is 32.3 Å². The van der Waals surface area contributed by atoms with Crippen LogP contribution in [0, 0.1) is 5.92 Å². The maximum atomic E-state index is 2.57. The fraction of sp³-hybridized carbons (Fsp3) is 0.0704. The molecule has 12 aromatic carbocycles. The Balaban J connectivity index is 1.03. The summed E-state index contributed by atoms with van der Waals surface area (Å²) in [7, 11) is 0. The van der Waals surface area contributed by atoms with Crippen LogP contribution in [-0.4, -0.2) is 0 Å². The summed E-state index contributed by atoms with van der Waals surface area (Å²) in [4.78, 5) is 0. The second-order valence-electron chi connectivity index (χ2n) is 19.8. The first-order valence-corrected chi connectivity index (χ1v) is 25.2. The summed E-state index contributed by atoms with van der Waals surface area (Å²) in [5.74, 6) is 0.433. The van der Waals surface area contributed by atoms with Gasteiger partial charge in [0.2, 0.25) is 0 Å². The summed E-state index contributed by atoms with van der Waals surface area (Å²) in [6.07, 6.45) is 0.984. The average molecular weight is 905 g/mol. The summed E-state index contributed by atoms with van der Waals surface area (Å²) in [6.45, 7) is 4.77. The van der Waals surface area contributed by atoms with Gasteiger partial charge in [0, 0.05) is 5.41 Å². The van der Waals surface area contributed by atoms with Gasteiger partial charge in [0.25, 0.3) is 0 Å². The zero-order chi connectivity index (χ0) is 47.5. The van der Waals surface area contributed by atoms with Crippen LogP contribution in [0.4, 0.5) is 0 Å². The Morgan fingerprint density at radius 1 is 0.254 bits per heavy atom. The van der Waals surface area contributed by atoms with Gasteiger partial charge >= 0.3 is 0 Å². The van der Waals surface area contributed by atoms with Crippen LogP contribution < -0.4 is 0 Å². The minimum atomic E-state index is -0.364. The van der Waals surface area contributed by atoms with Crippen molar-refractivity contribution in [2.45, 2.75) is 25.7 Å². The third-order valence-electron chi connectivity index (χ3n) is 15.2. The van der Waals surface area contributed by atoms with Gasteiger partial charge in [0.1, 0.15) is 0 Å². The van der Waals surface area contributed by atoms with Crippen LogP contribution in [0.5, 0.6) is 0 Å². The lowest BCUT2D eigenvalue weighted by molar-refractivity contribution is 0.462. The summed E-state index contributed by atoms with van der Waals surface area (Å²) < 4.78 is 0. The number of fused-ring (bicyclic) bond motifs is 6. The first kappa shape index (κ1) is 42.5. The Morgan fingerprint density at radius 2 is 0.648 bits per heavy atom. The second kappa shape index (κ2) is 17.4. The van der Waals surface area contributed by atoms with E-state index < -0.39 is 0 Å². The third-order valence-corrected chi connectivity index (χ3v) is 15.2. The normalized spacial score (nSPS) is 14.0. The van der Waals surface area contributed by atoms with Crippen molar-refractivity contribution in [3.8, 4) is 77.9 Å². The highest BCUT2D eigenvalue weighted by Crippen LogP contribution is 2.58. The average Bonchev–Trinajstić information content (AvgIpc) is 3.71. The van der Waals surface area contributed by atoms with Crippen LogP contribution in [0.15, 0.2) is 261 Å². The molecule has 0 aromatic heterocycles. The predicted molar refractivity (Wildman–Crippen MR) is 303 cm³/mol. The van der Waals surface area contributed by atoms with Crippen LogP contribution in [-0.2, 0) is 5.41 Å². The molecule has 0 spiro atoms. The lowest BCUT2D eigenvalue weighted by Gasteiger charge is -2.36. The van der Waals surface area contributed by atoms with E-state index in [1.54, 1.807) is 0 Å². The molecule has 1 atom stereocenters. The summed E-state index contributed by atoms with van der Waals surface area (Å²) in [5, 5.41) is 7.50. The Hall–Kier alpha value is -8.58. The molecule has 1 aliphatic rings. The molecule has 1 unspecified atom stereocenters. The molecule has 0 radical (unpaired) electrons. The first-order chi connectivity index (χ1) is 35.0. The fourth-order valence-electron chi connectivity index (χ4n) is 12.4. The molecule has 0 bridgehead atoms. The zero-order valence-corrected chi connectivity index (χ0v) is 40.1.